The number of hydrogen-bond donors (Lipinski definition) is 0. The number of morpholine rings is 1. The number of fused-ring (bicyclic) bond motifs is 1. The van der Waals surface area contributed by atoms with Gasteiger partial charge in [0.1, 0.15) is 16.9 Å². The van der Waals surface area contributed by atoms with Gasteiger partial charge in [-0.3, -0.25) is 4.98 Å². The average Bonchev–Trinajstić information content (AvgIpc) is 3.43. The second kappa shape index (κ2) is 7.71. The molecule has 2 aliphatic rings. The van der Waals surface area contributed by atoms with Crippen molar-refractivity contribution in [3.8, 4) is 11.4 Å². The van der Waals surface area contributed by atoms with Crippen molar-refractivity contribution in [1.29, 1.82) is 0 Å². The van der Waals surface area contributed by atoms with Gasteiger partial charge in [-0.2, -0.15) is 0 Å². The van der Waals surface area contributed by atoms with E-state index in [-0.39, 0.29) is 11.5 Å². The lowest BCUT2D eigenvalue weighted by atomic mass is 9.93. The molecule has 0 aromatic carbocycles. The van der Waals surface area contributed by atoms with Gasteiger partial charge in [0.2, 0.25) is 0 Å². The summed E-state index contributed by atoms with van der Waals surface area (Å²) in [5.41, 5.74) is 4.70. The molecule has 4 heterocycles. The summed E-state index contributed by atoms with van der Waals surface area (Å²) in [6, 6.07) is 3.96. The number of thiazole rings is 1. The van der Waals surface area contributed by atoms with Crippen LogP contribution >= 0.6 is 11.3 Å². The first-order chi connectivity index (χ1) is 14.5. The summed E-state index contributed by atoms with van der Waals surface area (Å²) < 4.78 is 6.13. The van der Waals surface area contributed by atoms with E-state index in [0.717, 1.165) is 60.3 Å². The maximum atomic E-state index is 6.13. The smallest absolute Gasteiger partial charge is 0.161 e. The highest BCUT2D eigenvalue weighted by Gasteiger charge is 2.30. The minimum atomic E-state index is -0.0174. The first-order valence-corrected chi connectivity index (χ1v) is 11.5. The van der Waals surface area contributed by atoms with Crippen molar-refractivity contribution in [1.82, 2.24) is 19.9 Å². The van der Waals surface area contributed by atoms with E-state index < -0.39 is 0 Å². The van der Waals surface area contributed by atoms with E-state index in [0.29, 0.717) is 6.61 Å². The molecule has 1 fully saturated rings. The molecule has 3 aromatic rings. The van der Waals surface area contributed by atoms with Crippen molar-refractivity contribution >= 4 is 17.2 Å². The van der Waals surface area contributed by atoms with Gasteiger partial charge in [0, 0.05) is 46.6 Å². The molecule has 0 N–H and O–H groups in total. The summed E-state index contributed by atoms with van der Waals surface area (Å²) in [5.74, 6) is 1.87. The maximum absolute atomic E-state index is 6.13. The van der Waals surface area contributed by atoms with Crippen LogP contribution in [0.2, 0.25) is 0 Å². The Balaban J connectivity index is 1.46. The van der Waals surface area contributed by atoms with Crippen molar-refractivity contribution in [3.05, 3.63) is 51.9 Å². The Labute approximate surface area is 181 Å². The van der Waals surface area contributed by atoms with Crippen LogP contribution in [-0.4, -0.2) is 39.6 Å². The van der Waals surface area contributed by atoms with Crippen LogP contribution in [0.5, 0.6) is 0 Å². The zero-order valence-corrected chi connectivity index (χ0v) is 18.6. The monoisotopic (exact) mass is 421 g/mol. The summed E-state index contributed by atoms with van der Waals surface area (Å²) in [6.45, 7) is 8.89. The van der Waals surface area contributed by atoms with Crippen molar-refractivity contribution in [2.45, 2.75) is 51.6 Å². The number of pyridine rings is 1. The molecular weight excluding hydrogens is 394 g/mol. The van der Waals surface area contributed by atoms with Crippen molar-refractivity contribution < 1.29 is 4.74 Å². The molecule has 0 bridgehead atoms. The largest absolute Gasteiger partial charge is 0.367 e. The number of aromatic nitrogens is 4. The fourth-order valence-corrected chi connectivity index (χ4v) is 5.16. The number of rotatable bonds is 3. The number of hydrogen-bond acceptors (Lipinski definition) is 7. The molecule has 0 radical (unpaired) electrons. The molecule has 1 unspecified atom stereocenters. The lowest BCUT2D eigenvalue weighted by molar-refractivity contribution is 0.0391. The zero-order chi connectivity index (χ0) is 20.7. The Morgan fingerprint density at radius 1 is 1.10 bits per heavy atom. The molecule has 5 rings (SSSR count). The van der Waals surface area contributed by atoms with Crippen molar-refractivity contribution in [3.63, 3.8) is 0 Å². The molecule has 7 heteroatoms. The highest BCUT2D eigenvalue weighted by Crippen LogP contribution is 2.35. The van der Waals surface area contributed by atoms with Gasteiger partial charge < -0.3 is 9.64 Å². The minimum Gasteiger partial charge on any atom is -0.367 e. The molecule has 1 saturated heterocycles. The van der Waals surface area contributed by atoms with E-state index in [1.54, 1.807) is 23.7 Å². The standard InChI is InChI=1S/C23H27N5OS/c1-23(2,3)19-14-30-22(26-19)18-13-28(11-12-29-18)21-16-5-4-6-17(16)25-20(27-21)15-7-9-24-10-8-15/h7-10,14,18H,4-6,11-13H2,1-3H3. The Kier molecular flexibility index (Phi) is 5.03. The second-order valence-corrected chi connectivity index (χ2v) is 9.90. The van der Waals surface area contributed by atoms with Crippen LogP contribution in [0, 0.1) is 0 Å². The number of aryl methyl sites for hydroxylation is 1. The fourth-order valence-electron chi connectivity index (χ4n) is 4.08. The highest BCUT2D eigenvalue weighted by atomic mass is 32.1. The van der Waals surface area contributed by atoms with Gasteiger partial charge in [0.05, 0.1) is 18.8 Å². The molecule has 1 atom stereocenters. The van der Waals surface area contributed by atoms with E-state index in [1.807, 2.05) is 12.1 Å². The van der Waals surface area contributed by atoms with Crippen LogP contribution < -0.4 is 4.90 Å². The second-order valence-electron chi connectivity index (χ2n) is 9.01. The third-order valence-electron chi connectivity index (χ3n) is 5.78. The van der Waals surface area contributed by atoms with E-state index in [9.17, 15) is 0 Å². The van der Waals surface area contributed by atoms with E-state index in [2.05, 4.69) is 36.0 Å². The van der Waals surface area contributed by atoms with Crippen LogP contribution in [0.4, 0.5) is 5.82 Å². The predicted octanol–water partition coefficient (Wildman–Crippen LogP) is 4.36. The van der Waals surface area contributed by atoms with Crippen LogP contribution in [0.3, 0.4) is 0 Å². The van der Waals surface area contributed by atoms with Gasteiger partial charge in [-0.15, -0.1) is 11.3 Å². The predicted molar refractivity (Wildman–Crippen MR) is 119 cm³/mol. The van der Waals surface area contributed by atoms with E-state index in [1.165, 1.54) is 11.3 Å². The quantitative estimate of drug-likeness (QED) is 0.626. The summed E-state index contributed by atoms with van der Waals surface area (Å²) >= 11 is 1.70. The van der Waals surface area contributed by atoms with Crippen LogP contribution in [-0.2, 0) is 23.0 Å². The van der Waals surface area contributed by atoms with Gasteiger partial charge in [-0.1, -0.05) is 20.8 Å². The first kappa shape index (κ1) is 19.6. The van der Waals surface area contributed by atoms with E-state index >= 15 is 0 Å². The van der Waals surface area contributed by atoms with Gasteiger partial charge in [-0.05, 0) is 31.4 Å². The lowest BCUT2D eigenvalue weighted by Gasteiger charge is -2.34. The SMILES string of the molecule is CC(C)(C)c1csc(C2CN(c3nc(-c4ccncc4)nc4c3CCC4)CCO2)n1. The molecule has 1 aliphatic carbocycles. The molecular formula is C23H27N5OS. The number of ether oxygens (including phenoxy) is 1. The van der Waals surface area contributed by atoms with Crippen molar-refractivity contribution in [2.24, 2.45) is 0 Å². The molecule has 0 amide bonds. The zero-order valence-electron chi connectivity index (χ0n) is 17.8. The Bertz CT molecular complexity index is 1040. The minimum absolute atomic E-state index is 0.0174. The topological polar surface area (TPSA) is 64.0 Å². The van der Waals surface area contributed by atoms with Crippen molar-refractivity contribution in [2.75, 3.05) is 24.6 Å². The summed E-state index contributed by atoms with van der Waals surface area (Å²) in [6.07, 6.45) is 6.80. The molecule has 3 aromatic heterocycles. The molecule has 1 aliphatic heterocycles. The third kappa shape index (κ3) is 3.72. The normalized spacial score (nSPS) is 19.2. The lowest BCUT2D eigenvalue weighted by Crippen LogP contribution is -2.39. The van der Waals surface area contributed by atoms with Crippen LogP contribution in [0.1, 0.15) is 55.3 Å². The third-order valence-corrected chi connectivity index (χ3v) is 6.72. The van der Waals surface area contributed by atoms with Crippen LogP contribution in [0.25, 0.3) is 11.4 Å². The van der Waals surface area contributed by atoms with Gasteiger partial charge >= 0.3 is 0 Å². The fraction of sp³-hybridized carbons (Fsp3) is 0.478. The number of anilines is 1. The Morgan fingerprint density at radius 3 is 2.70 bits per heavy atom. The molecule has 30 heavy (non-hydrogen) atoms. The molecule has 6 nitrogen and oxygen atoms in total. The van der Waals surface area contributed by atoms with Gasteiger partial charge in [0.25, 0.3) is 0 Å². The van der Waals surface area contributed by atoms with E-state index in [4.69, 9.17) is 19.7 Å². The molecule has 0 saturated carbocycles. The maximum Gasteiger partial charge on any atom is 0.161 e. The summed E-state index contributed by atoms with van der Waals surface area (Å²) in [5, 5.41) is 3.23. The van der Waals surface area contributed by atoms with Gasteiger partial charge in [-0.25, -0.2) is 15.0 Å². The summed E-state index contributed by atoms with van der Waals surface area (Å²) in [4.78, 5) is 21.3. The Hall–Kier alpha value is -2.38. The molecule has 0 spiro atoms. The summed E-state index contributed by atoms with van der Waals surface area (Å²) in [7, 11) is 0. The average molecular weight is 422 g/mol. The number of nitrogens with zero attached hydrogens (tertiary/aromatic N) is 5. The highest BCUT2D eigenvalue weighted by molar-refractivity contribution is 7.09. The Morgan fingerprint density at radius 2 is 1.93 bits per heavy atom. The molecule has 156 valence electrons. The van der Waals surface area contributed by atoms with Gasteiger partial charge in [0.15, 0.2) is 5.82 Å². The van der Waals surface area contributed by atoms with Crippen LogP contribution in [0.15, 0.2) is 29.9 Å². The first-order valence-electron chi connectivity index (χ1n) is 10.6.